The third-order valence-electron chi connectivity index (χ3n) is 5.45. The van der Waals surface area contributed by atoms with Crippen molar-refractivity contribution in [3.8, 4) is 0 Å². The van der Waals surface area contributed by atoms with Gasteiger partial charge in [0.25, 0.3) is 15.9 Å². The maximum atomic E-state index is 13.4. The Balaban J connectivity index is 1.47. The van der Waals surface area contributed by atoms with Gasteiger partial charge in [0.15, 0.2) is 5.13 Å². The Morgan fingerprint density at radius 1 is 1.12 bits per heavy atom. The predicted molar refractivity (Wildman–Crippen MR) is 128 cm³/mol. The van der Waals surface area contributed by atoms with Gasteiger partial charge in [0.1, 0.15) is 4.90 Å². The molecule has 0 atom stereocenters. The van der Waals surface area contributed by atoms with E-state index in [1.165, 1.54) is 33.8 Å². The van der Waals surface area contributed by atoms with Gasteiger partial charge in [-0.05, 0) is 54.8 Å². The zero-order valence-corrected chi connectivity index (χ0v) is 19.4. The van der Waals surface area contributed by atoms with Crippen molar-refractivity contribution in [1.29, 1.82) is 0 Å². The molecular formula is C23H18ClN3O3S2. The van der Waals surface area contributed by atoms with Gasteiger partial charge in [-0.15, -0.1) is 0 Å². The number of aromatic nitrogens is 1. The van der Waals surface area contributed by atoms with Gasteiger partial charge in [0, 0.05) is 12.1 Å². The molecule has 1 N–H and O–H groups in total. The Hall–Kier alpha value is -2.94. The van der Waals surface area contributed by atoms with Crippen molar-refractivity contribution in [2.75, 3.05) is 16.2 Å². The molecule has 0 saturated carbocycles. The molecule has 0 spiro atoms. The molecule has 0 radical (unpaired) electrons. The molecule has 6 nitrogen and oxygen atoms in total. The number of para-hydroxylation sites is 2. The molecule has 4 aromatic rings. The molecule has 32 heavy (non-hydrogen) atoms. The minimum atomic E-state index is -3.93. The van der Waals surface area contributed by atoms with Crippen molar-refractivity contribution in [3.05, 3.63) is 82.4 Å². The Bertz CT molecular complexity index is 1480. The molecule has 0 unspecified atom stereocenters. The van der Waals surface area contributed by atoms with Gasteiger partial charge in [-0.1, -0.05) is 53.3 Å². The number of nitrogens with zero attached hydrogens (tertiary/aromatic N) is 2. The van der Waals surface area contributed by atoms with Crippen molar-refractivity contribution in [2.45, 2.75) is 18.2 Å². The molecule has 1 aliphatic rings. The number of carbonyl (C=O) groups is 1. The molecule has 2 heterocycles. The average Bonchev–Trinajstić information content (AvgIpc) is 3.39. The van der Waals surface area contributed by atoms with Gasteiger partial charge in [0.05, 0.1) is 20.9 Å². The largest absolute Gasteiger partial charge is 0.298 e. The lowest BCUT2D eigenvalue weighted by Crippen LogP contribution is -2.29. The minimum Gasteiger partial charge on any atom is -0.298 e. The molecule has 1 aromatic heterocycles. The van der Waals surface area contributed by atoms with Crippen molar-refractivity contribution in [2.24, 2.45) is 0 Å². The van der Waals surface area contributed by atoms with Crippen molar-refractivity contribution in [3.63, 3.8) is 0 Å². The summed E-state index contributed by atoms with van der Waals surface area (Å²) < 4.78 is 29.1. The molecule has 1 aliphatic heterocycles. The molecule has 3 aromatic carbocycles. The number of amides is 1. The quantitative estimate of drug-likeness (QED) is 0.429. The number of benzene rings is 3. The fourth-order valence-corrected chi connectivity index (χ4v) is 6.77. The maximum Gasteiger partial charge on any atom is 0.265 e. The van der Waals surface area contributed by atoms with E-state index in [4.69, 9.17) is 11.6 Å². The Labute approximate surface area is 194 Å². The fraction of sp³-hybridized carbons (Fsp3) is 0.130. The second-order valence-electron chi connectivity index (χ2n) is 7.50. The van der Waals surface area contributed by atoms with Gasteiger partial charge in [-0.2, -0.15) is 0 Å². The molecule has 0 fully saturated rings. The number of nitrogens with one attached hydrogen (secondary N) is 1. The van der Waals surface area contributed by atoms with Crippen LogP contribution < -0.4 is 9.62 Å². The van der Waals surface area contributed by atoms with E-state index in [0.29, 0.717) is 23.8 Å². The molecule has 0 bridgehead atoms. The van der Waals surface area contributed by atoms with Crippen molar-refractivity contribution < 1.29 is 13.2 Å². The molecule has 9 heteroatoms. The topological polar surface area (TPSA) is 79.4 Å². The highest BCUT2D eigenvalue weighted by Crippen LogP contribution is 2.35. The van der Waals surface area contributed by atoms with Crippen LogP contribution in [0.2, 0.25) is 5.02 Å². The number of hydrogen-bond donors (Lipinski definition) is 1. The number of rotatable bonds is 4. The van der Waals surface area contributed by atoms with E-state index < -0.39 is 15.9 Å². The highest BCUT2D eigenvalue weighted by Gasteiger charge is 2.32. The summed E-state index contributed by atoms with van der Waals surface area (Å²) >= 11 is 7.64. The standard InChI is InChI=1S/C23H18ClN3O3S2/c1-14-5-4-8-19-21(14)25-23(31-19)26-22(28)16-9-10-17(24)20(13-16)32(29,30)27-12-11-15-6-2-3-7-18(15)27/h2-10,13H,11-12H2,1H3,(H,25,26,28). The van der Waals surface area contributed by atoms with Gasteiger partial charge in [-0.3, -0.25) is 14.4 Å². The lowest BCUT2D eigenvalue weighted by molar-refractivity contribution is 0.102. The van der Waals surface area contributed by atoms with Crippen LogP contribution in [0.1, 0.15) is 21.5 Å². The van der Waals surface area contributed by atoms with Gasteiger partial charge >= 0.3 is 0 Å². The lowest BCUT2D eigenvalue weighted by Gasteiger charge is -2.20. The second-order valence-corrected chi connectivity index (χ2v) is 10.8. The molecule has 0 saturated heterocycles. The SMILES string of the molecule is Cc1cccc2sc(NC(=O)c3ccc(Cl)c(S(=O)(=O)N4CCc5ccccc54)c3)nc12. The molecule has 162 valence electrons. The van der Waals surface area contributed by atoms with E-state index in [0.717, 1.165) is 21.3 Å². The summed E-state index contributed by atoms with van der Waals surface area (Å²) in [7, 11) is -3.93. The third kappa shape index (κ3) is 3.54. The number of anilines is 2. The molecule has 1 amide bonds. The van der Waals surface area contributed by atoms with E-state index in [2.05, 4.69) is 10.3 Å². The number of hydrogen-bond acceptors (Lipinski definition) is 5. The Morgan fingerprint density at radius 3 is 2.75 bits per heavy atom. The number of sulfonamides is 1. The van der Waals surface area contributed by atoms with E-state index in [1.54, 1.807) is 12.1 Å². The van der Waals surface area contributed by atoms with E-state index in [1.807, 2.05) is 37.3 Å². The van der Waals surface area contributed by atoms with Crippen molar-refractivity contribution >= 4 is 59.9 Å². The number of thiazole rings is 1. The average molecular weight is 484 g/mol. The summed E-state index contributed by atoms with van der Waals surface area (Å²) in [5.41, 5.74) is 3.65. The van der Waals surface area contributed by atoms with Crippen LogP contribution in [0, 0.1) is 6.92 Å². The van der Waals surface area contributed by atoms with Gasteiger partial charge in [0.2, 0.25) is 0 Å². The summed E-state index contributed by atoms with van der Waals surface area (Å²) in [6.45, 7) is 2.29. The first-order chi connectivity index (χ1) is 15.3. The van der Waals surface area contributed by atoms with Crippen LogP contribution >= 0.6 is 22.9 Å². The maximum absolute atomic E-state index is 13.4. The monoisotopic (exact) mass is 483 g/mol. The molecule has 5 rings (SSSR count). The Kier molecular flexibility index (Phi) is 5.16. The van der Waals surface area contributed by atoms with E-state index in [-0.39, 0.29) is 15.5 Å². The van der Waals surface area contributed by atoms with Crippen LogP contribution in [0.5, 0.6) is 0 Å². The third-order valence-corrected chi connectivity index (χ3v) is 8.68. The zero-order chi connectivity index (χ0) is 22.5. The summed E-state index contributed by atoms with van der Waals surface area (Å²) in [5, 5.41) is 3.30. The highest BCUT2D eigenvalue weighted by molar-refractivity contribution is 7.93. The second kappa shape index (κ2) is 7.88. The first-order valence-electron chi connectivity index (χ1n) is 9.92. The number of carbonyl (C=O) groups excluding carboxylic acids is 1. The first-order valence-corrected chi connectivity index (χ1v) is 12.6. The first kappa shape index (κ1) is 20.9. The van der Waals surface area contributed by atoms with E-state index in [9.17, 15) is 13.2 Å². The summed E-state index contributed by atoms with van der Waals surface area (Å²) in [6.07, 6.45) is 0.629. The smallest absolute Gasteiger partial charge is 0.265 e. The van der Waals surface area contributed by atoms with Crippen LogP contribution in [0.4, 0.5) is 10.8 Å². The summed E-state index contributed by atoms with van der Waals surface area (Å²) in [6, 6.07) is 17.5. The van der Waals surface area contributed by atoms with Crippen molar-refractivity contribution in [1.82, 2.24) is 4.98 Å². The number of fused-ring (bicyclic) bond motifs is 2. The summed E-state index contributed by atoms with van der Waals surface area (Å²) in [5.74, 6) is -0.448. The zero-order valence-electron chi connectivity index (χ0n) is 17.0. The van der Waals surface area contributed by atoms with Gasteiger partial charge in [-0.25, -0.2) is 13.4 Å². The normalized spacial score (nSPS) is 13.4. The van der Waals surface area contributed by atoms with Crippen LogP contribution in [-0.4, -0.2) is 25.9 Å². The van der Waals surface area contributed by atoms with E-state index >= 15 is 0 Å². The van der Waals surface area contributed by atoms with Crippen LogP contribution in [0.15, 0.2) is 65.6 Å². The number of aryl methyl sites for hydroxylation is 1. The highest BCUT2D eigenvalue weighted by atomic mass is 35.5. The van der Waals surface area contributed by atoms with Crippen LogP contribution in [0.25, 0.3) is 10.2 Å². The number of halogens is 1. The lowest BCUT2D eigenvalue weighted by atomic mass is 10.2. The van der Waals surface area contributed by atoms with Gasteiger partial charge < -0.3 is 0 Å². The molecular weight excluding hydrogens is 466 g/mol. The van der Waals surface area contributed by atoms with Crippen LogP contribution in [-0.2, 0) is 16.4 Å². The summed E-state index contributed by atoms with van der Waals surface area (Å²) in [4.78, 5) is 17.3. The van der Waals surface area contributed by atoms with Crippen LogP contribution in [0.3, 0.4) is 0 Å². The molecule has 0 aliphatic carbocycles. The predicted octanol–water partition coefficient (Wildman–Crippen LogP) is 5.26. The fourth-order valence-electron chi connectivity index (χ4n) is 3.83. The Morgan fingerprint density at radius 2 is 1.94 bits per heavy atom. The minimum absolute atomic E-state index is 0.0709.